The number of benzene rings is 3. The van der Waals surface area contributed by atoms with Crippen molar-refractivity contribution in [2.24, 2.45) is 0 Å². The van der Waals surface area contributed by atoms with Gasteiger partial charge < -0.3 is 15.0 Å². The number of hydrogen-bond donors (Lipinski definition) is 2. The van der Waals surface area contributed by atoms with E-state index in [1.54, 1.807) is 0 Å². The Kier molecular flexibility index (Phi) is 4.34. The summed E-state index contributed by atoms with van der Waals surface area (Å²) in [5, 5.41) is 10.9. The first-order valence-corrected chi connectivity index (χ1v) is 11.3. The monoisotopic (exact) mass is 429 g/mol. The SMILES string of the molecule is CN1CCc2cc(Cl)c(O)cc2[C@H]2c3cccc(-c4nc5ccccc5[nH]4)c3CC[C@@H]21. The second-order valence-corrected chi connectivity index (χ2v) is 9.20. The molecular weight excluding hydrogens is 406 g/mol. The molecule has 1 aliphatic heterocycles. The van der Waals surface area contributed by atoms with Crippen LogP contribution in [0.15, 0.2) is 54.6 Å². The fourth-order valence-corrected chi connectivity index (χ4v) is 5.77. The molecule has 2 atom stereocenters. The number of rotatable bonds is 1. The van der Waals surface area contributed by atoms with Crippen LogP contribution in [0.1, 0.15) is 34.6 Å². The number of aromatic hydroxyl groups is 1. The third-order valence-electron chi connectivity index (χ3n) is 7.11. The van der Waals surface area contributed by atoms with E-state index in [2.05, 4.69) is 41.2 Å². The lowest BCUT2D eigenvalue weighted by Crippen LogP contribution is -2.39. The molecule has 6 rings (SSSR count). The van der Waals surface area contributed by atoms with Crippen molar-refractivity contribution in [3.8, 4) is 17.1 Å². The number of H-pyrrole nitrogens is 1. The number of imidazole rings is 1. The molecule has 0 fully saturated rings. The fourth-order valence-electron chi connectivity index (χ4n) is 5.58. The van der Waals surface area contributed by atoms with Crippen LogP contribution in [0.2, 0.25) is 5.02 Å². The van der Waals surface area contributed by atoms with Crippen molar-refractivity contribution in [3.05, 3.63) is 81.9 Å². The number of halogens is 1. The van der Waals surface area contributed by atoms with E-state index in [-0.39, 0.29) is 11.7 Å². The van der Waals surface area contributed by atoms with Crippen molar-refractivity contribution >= 4 is 22.6 Å². The number of phenolic OH excluding ortho intramolecular Hbond substituents is 1. The van der Waals surface area contributed by atoms with Crippen LogP contribution in [-0.4, -0.2) is 39.6 Å². The second-order valence-electron chi connectivity index (χ2n) is 8.79. The summed E-state index contributed by atoms with van der Waals surface area (Å²) in [6.07, 6.45) is 3.04. The van der Waals surface area contributed by atoms with Crippen molar-refractivity contribution in [1.29, 1.82) is 0 Å². The molecule has 4 nitrogen and oxygen atoms in total. The van der Waals surface area contributed by atoms with Gasteiger partial charge in [-0.1, -0.05) is 41.9 Å². The Balaban J connectivity index is 1.55. The molecule has 0 spiro atoms. The van der Waals surface area contributed by atoms with Crippen LogP contribution in [0.5, 0.6) is 5.75 Å². The summed E-state index contributed by atoms with van der Waals surface area (Å²) in [4.78, 5) is 10.9. The minimum Gasteiger partial charge on any atom is -0.506 e. The maximum absolute atomic E-state index is 10.4. The molecule has 156 valence electrons. The van der Waals surface area contributed by atoms with Crippen LogP contribution in [0, 0.1) is 0 Å². The Labute approximate surface area is 186 Å². The lowest BCUT2D eigenvalue weighted by Gasteiger charge is -2.38. The average Bonchev–Trinajstić information content (AvgIpc) is 3.16. The van der Waals surface area contributed by atoms with Gasteiger partial charge in [0.25, 0.3) is 0 Å². The molecule has 0 radical (unpaired) electrons. The zero-order valence-corrected chi connectivity index (χ0v) is 18.2. The molecule has 4 aromatic rings. The average molecular weight is 430 g/mol. The first-order chi connectivity index (χ1) is 15.1. The number of fused-ring (bicyclic) bond motifs is 6. The summed E-state index contributed by atoms with van der Waals surface area (Å²) >= 11 is 6.28. The number of para-hydroxylation sites is 2. The molecular formula is C26H24ClN3O. The largest absolute Gasteiger partial charge is 0.506 e. The second kappa shape index (κ2) is 7.11. The molecule has 0 bridgehead atoms. The number of phenols is 1. The molecule has 0 unspecified atom stereocenters. The molecule has 0 saturated heterocycles. The topological polar surface area (TPSA) is 52.1 Å². The van der Waals surface area contributed by atoms with Crippen LogP contribution in [0.3, 0.4) is 0 Å². The first kappa shape index (κ1) is 18.9. The van der Waals surface area contributed by atoms with Crippen LogP contribution in [0.4, 0.5) is 0 Å². The smallest absolute Gasteiger partial charge is 0.138 e. The predicted octanol–water partition coefficient (Wildman–Crippen LogP) is 5.52. The van der Waals surface area contributed by atoms with Crippen LogP contribution in [-0.2, 0) is 12.8 Å². The summed E-state index contributed by atoms with van der Waals surface area (Å²) < 4.78 is 0. The van der Waals surface area contributed by atoms with Gasteiger partial charge in [0.1, 0.15) is 11.6 Å². The van der Waals surface area contributed by atoms with Gasteiger partial charge >= 0.3 is 0 Å². The number of aromatic nitrogens is 2. The number of nitrogens with zero attached hydrogens (tertiary/aromatic N) is 2. The quantitative estimate of drug-likeness (QED) is 0.418. The van der Waals surface area contributed by atoms with Gasteiger partial charge in [-0.15, -0.1) is 0 Å². The van der Waals surface area contributed by atoms with E-state index < -0.39 is 0 Å². The van der Waals surface area contributed by atoms with Crippen molar-refractivity contribution in [2.45, 2.75) is 31.2 Å². The van der Waals surface area contributed by atoms with E-state index in [4.69, 9.17) is 16.6 Å². The summed E-state index contributed by atoms with van der Waals surface area (Å²) in [6.45, 7) is 0.994. The molecule has 1 aromatic heterocycles. The van der Waals surface area contributed by atoms with Crippen molar-refractivity contribution in [3.63, 3.8) is 0 Å². The van der Waals surface area contributed by atoms with Crippen LogP contribution < -0.4 is 0 Å². The summed E-state index contributed by atoms with van der Waals surface area (Å²) in [6, 6.07) is 19.0. The highest BCUT2D eigenvalue weighted by molar-refractivity contribution is 6.32. The predicted molar refractivity (Wildman–Crippen MR) is 125 cm³/mol. The Bertz CT molecular complexity index is 1280. The number of aromatic amines is 1. The molecule has 2 N–H and O–H groups in total. The molecule has 3 aromatic carbocycles. The number of hydrogen-bond acceptors (Lipinski definition) is 3. The van der Waals surface area contributed by atoms with E-state index in [1.165, 1.54) is 27.8 Å². The van der Waals surface area contributed by atoms with Crippen molar-refractivity contribution in [2.75, 3.05) is 13.6 Å². The molecule has 31 heavy (non-hydrogen) atoms. The van der Waals surface area contributed by atoms with Gasteiger partial charge in [0, 0.05) is 24.1 Å². The Morgan fingerprint density at radius 2 is 1.94 bits per heavy atom. The normalized spacial score (nSPS) is 20.7. The molecule has 2 aliphatic rings. The standard InChI is InChI=1S/C26H24ClN3O/c1-30-12-11-15-13-20(27)24(31)14-19(15)25-17-5-4-6-18(16(17)9-10-23(25)30)26-28-21-7-2-3-8-22(21)29-26/h2-8,13-14,23,25,31H,9-12H2,1H3,(H,28,29)/t23-,25+/m0/s1. The lowest BCUT2D eigenvalue weighted by molar-refractivity contribution is 0.214. The van der Waals surface area contributed by atoms with Gasteiger partial charge in [-0.2, -0.15) is 0 Å². The maximum Gasteiger partial charge on any atom is 0.138 e. The third kappa shape index (κ3) is 2.97. The first-order valence-electron chi connectivity index (χ1n) is 10.9. The minimum absolute atomic E-state index is 0.171. The minimum atomic E-state index is 0.171. The van der Waals surface area contributed by atoms with Gasteiger partial charge in [-0.25, -0.2) is 4.98 Å². The summed E-state index contributed by atoms with van der Waals surface area (Å²) in [5.74, 6) is 1.31. The zero-order valence-electron chi connectivity index (χ0n) is 17.4. The highest BCUT2D eigenvalue weighted by Gasteiger charge is 2.37. The van der Waals surface area contributed by atoms with Gasteiger partial charge in [-0.05, 0) is 72.8 Å². The van der Waals surface area contributed by atoms with E-state index >= 15 is 0 Å². The highest BCUT2D eigenvalue weighted by Crippen LogP contribution is 2.46. The van der Waals surface area contributed by atoms with E-state index in [0.717, 1.165) is 42.7 Å². The Morgan fingerprint density at radius 1 is 1.06 bits per heavy atom. The van der Waals surface area contributed by atoms with Gasteiger partial charge in [0.2, 0.25) is 0 Å². The van der Waals surface area contributed by atoms with Crippen molar-refractivity contribution < 1.29 is 5.11 Å². The van der Waals surface area contributed by atoms with E-state index in [9.17, 15) is 5.11 Å². The molecule has 0 saturated carbocycles. The molecule has 1 aliphatic carbocycles. The van der Waals surface area contributed by atoms with Crippen LogP contribution in [0.25, 0.3) is 22.4 Å². The molecule has 0 amide bonds. The van der Waals surface area contributed by atoms with Crippen molar-refractivity contribution in [1.82, 2.24) is 14.9 Å². The van der Waals surface area contributed by atoms with Crippen LogP contribution >= 0.6 is 11.6 Å². The zero-order chi connectivity index (χ0) is 21.1. The molecule has 5 heteroatoms. The van der Waals surface area contributed by atoms with E-state index in [1.807, 2.05) is 30.3 Å². The Morgan fingerprint density at radius 3 is 2.81 bits per heavy atom. The highest BCUT2D eigenvalue weighted by atomic mass is 35.5. The lowest BCUT2D eigenvalue weighted by atomic mass is 9.73. The van der Waals surface area contributed by atoms with E-state index in [0.29, 0.717) is 11.1 Å². The third-order valence-corrected chi connectivity index (χ3v) is 7.41. The maximum atomic E-state index is 10.4. The summed E-state index contributed by atoms with van der Waals surface area (Å²) in [7, 11) is 2.22. The molecule has 2 heterocycles. The van der Waals surface area contributed by atoms with Gasteiger partial charge in [-0.3, -0.25) is 0 Å². The van der Waals surface area contributed by atoms with Gasteiger partial charge in [0.15, 0.2) is 0 Å². The van der Waals surface area contributed by atoms with Gasteiger partial charge in [0.05, 0.1) is 16.1 Å². The summed E-state index contributed by atoms with van der Waals surface area (Å²) in [5.41, 5.74) is 8.37. The number of nitrogens with one attached hydrogen (secondary N) is 1. The Hall–Kier alpha value is -2.82. The fraction of sp³-hybridized carbons (Fsp3) is 0.269. The number of likely N-dealkylation sites (N-methyl/N-ethyl adjacent to an activating group) is 1.